The molecule has 1 aliphatic heterocycles. The molecule has 0 bridgehead atoms. The molecule has 0 saturated carbocycles. The third kappa shape index (κ3) is 4.62. The molecule has 0 aliphatic carbocycles. The molecule has 3 rings (SSSR count). The molecule has 0 aromatic heterocycles. The number of aliphatic hydroxyl groups excluding tert-OH is 1. The molecule has 1 saturated heterocycles. The first-order valence-corrected chi connectivity index (χ1v) is 10.6. The van der Waals surface area contributed by atoms with Crippen molar-refractivity contribution in [2.45, 2.75) is 22.8 Å². The molecule has 174 valence electrons. The molecule has 2 N–H and O–H groups in total. The van der Waals surface area contributed by atoms with Gasteiger partial charge in [0.05, 0.1) is 40.8 Å². The van der Waals surface area contributed by atoms with Gasteiger partial charge in [0.1, 0.15) is 17.8 Å². The normalized spacial score (nSPS) is 21.4. The Labute approximate surface area is 185 Å². The average molecular weight is 485 g/mol. The quantitative estimate of drug-likeness (QED) is 0.617. The molecule has 0 radical (unpaired) electrons. The van der Waals surface area contributed by atoms with Gasteiger partial charge in [-0.3, -0.25) is 0 Å². The van der Waals surface area contributed by atoms with Crippen LogP contribution >= 0.6 is 0 Å². The molecule has 2 atom stereocenters. The van der Waals surface area contributed by atoms with E-state index in [1.54, 1.807) is 6.07 Å². The fraction of sp³-hybridized carbons (Fsp3) is 0.300. The second-order valence-electron chi connectivity index (χ2n) is 7.24. The van der Waals surface area contributed by atoms with Gasteiger partial charge >= 0.3 is 6.18 Å². The van der Waals surface area contributed by atoms with Crippen LogP contribution in [0.4, 0.5) is 17.6 Å². The molecule has 33 heavy (non-hydrogen) atoms. The van der Waals surface area contributed by atoms with Crippen LogP contribution < -0.4 is 4.74 Å². The van der Waals surface area contributed by atoms with Gasteiger partial charge in [0.15, 0.2) is 11.6 Å². The number of β-amino-alcohol motifs (C(OH)–C–C–N with tert-alkyl or cyclic N) is 1. The Kier molecular flexibility index (Phi) is 6.37. The highest BCUT2D eigenvalue weighted by Crippen LogP contribution is 2.35. The summed E-state index contributed by atoms with van der Waals surface area (Å²) in [6.07, 6.45) is -6.28. The molecule has 0 spiro atoms. The number of aliphatic hydroxyl groups is 2. The molecule has 2 aromatic carbocycles. The minimum Gasteiger partial charge on any atom is -0.483 e. The summed E-state index contributed by atoms with van der Waals surface area (Å²) in [6.45, 7) is -2.33. The summed E-state index contributed by atoms with van der Waals surface area (Å²) in [6, 6.07) is 7.83. The van der Waals surface area contributed by atoms with E-state index in [2.05, 4.69) is 0 Å². The van der Waals surface area contributed by atoms with Crippen molar-refractivity contribution in [1.29, 1.82) is 10.5 Å². The van der Waals surface area contributed by atoms with Gasteiger partial charge < -0.3 is 14.9 Å². The lowest BCUT2D eigenvalue weighted by atomic mass is 10.0. The Balaban J connectivity index is 1.95. The number of nitrogens with zero attached hydrogens (tertiary/aromatic N) is 3. The molecule has 0 amide bonds. The summed E-state index contributed by atoms with van der Waals surface area (Å²) >= 11 is 0. The summed E-state index contributed by atoms with van der Waals surface area (Å²) in [5.74, 6) is -1.39. The van der Waals surface area contributed by atoms with E-state index in [1.165, 1.54) is 12.1 Å². The molecule has 1 unspecified atom stereocenters. The molecule has 13 heteroatoms. The fourth-order valence-corrected chi connectivity index (χ4v) is 4.91. The summed E-state index contributed by atoms with van der Waals surface area (Å²) in [4.78, 5) is -0.733. The molecule has 1 aliphatic rings. The van der Waals surface area contributed by atoms with Crippen molar-refractivity contribution in [3.05, 3.63) is 58.9 Å². The largest absolute Gasteiger partial charge is 0.483 e. The lowest BCUT2D eigenvalue weighted by molar-refractivity contribution is -0.137. The zero-order valence-corrected chi connectivity index (χ0v) is 17.4. The SMILES string of the molecule is N#Cc1ccc(OC2CN(S(=O)(=O)c3ccc(C(F)(F)F)cc3C#N)C[C@@]2(O)CO)c(F)c1. The summed E-state index contributed by atoms with van der Waals surface area (Å²) in [5, 5.41) is 38.4. The van der Waals surface area contributed by atoms with E-state index in [4.69, 9.17) is 10.00 Å². The molecule has 2 aromatic rings. The van der Waals surface area contributed by atoms with E-state index in [-0.39, 0.29) is 5.56 Å². The molecular weight excluding hydrogens is 470 g/mol. The second kappa shape index (κ2) is 8.61. The standard InChI is InChI=1S/C20H15F4N3O5S/c21-15-5-12(7-25)1-3-16(15)32-18-9-27(10-19(18,29)11-28)33(30,31)17-4-2-14(20(22,23)24)6-13(17)8-26/h1-6,18,28-29H,9-11H2/t18?,19-/m1/s1. The molecular formula is C20H15F4N3O5S. The topological polar surface area (TPSA) is 135 Å². The van der Waals surface area contributed by atoms with Crippen LogP contribution in [0.2, 0.25) is 0 Å². The van der Waals surface area contributed by atoms with Crippen molar-refractivity contribution in [2.24, 2.45) is 0 Å². The monoisotopic (exact) mass is 485 g/mol. The Morgan fingerprint density at radius 3 is 2.42 bits per heavy atom. The van der Waals surface area contributed by atoms with Crippen molar-refractivity contribution < 1.29 is 40.9 Å². The van der Waals surface area contributed by atoms with Crippen LogP contribution in [-0.2, 0) is 16.2 Å². The maximum Gasteiger partial charge on any atom is 0.416 e. The van der Waals surface area contributed by atoms with Crippen molar-refractivity contribution in [2.75, 3.05) is 19.7 Å². The Bertz CT molecular complexity index is 1270. The van der Waals surface area contributed by atoms with Crippen molar-refractivity contribution in [3.63, 3.8) is 0 Å². The Morgan fingerprint density at radius 1 is 1.18 bits per heavy atom. The summed E-state index contributed by atoms with van der Waals surface area (Å²) < 4.78 is 85.1. The van der Waals surface area contributed by atoms with E-state index < -0.39 is 75.2 Å². The predicted molar refractivity (Wildman–Crippen MR) is 102 cm³/mol. The lowest BCUT2D eigenvalue weighted by Gasteiger charge is -2.27. The van der Waals surface area contributed by atoms with Gasteiger partial charge in [0.2, 0.25) is 10.0 Å². The number of hydrogen-bond acceptors (Lipinski definition) is 7. The zero-order valence-electron chi connectivity index (χ0n) is 16.5. The number of benzene rings is 2. The second-order valence-corrected chi connectivity index (χ2v) is 9.15. The minimum absolute atomic E-state index is 0.0146. The van der Waals surface area contributed by atoms with E-state index in [0.717, 1.165) is 12.1 Å². The van der Waals surface area contributed by atoms with Crippen LogP contribution in [0.25, 0.3) is 0 Å². The third-order valence-corrected chi connectivity index (χ3v) is 6.94. The number of nitriles is 2. The van der Waals surface area contributed by atoms with Crippen LogP contribution in [0.1, 0.15) is 16.7 Å². The van der Waals surface area contributed by atoms with Gasteiger partial charge in [-0.05, 0) is 36.4 Å². The van der Waals surface area contributed by atoms with Crippen molar-refractivity contribution >= 4 is 10.0 Å². The smallest absolute Gasteiger partial charge is 0.416 e. The Hall–Kier alpha value is -3.23. The number of rotatable bonds is 5. The maximum absolute atomic E-state index is 14.2. The van der Waals surface area contributed by atoms with Gasteiger partial charge in [0, 0.05) is 6.54 Å². The highest BCUT2D eigenvalue weighted by Gasteiger charge is 2.51. The lowest BCUT2D eigenvalue weighted by Crippen LogP contribution is -2.48. The van der Waals surface area contributed by atoms with E-state index in [0.29, 0.717) is 22.5 Å². The summed E-state index contributed by atoms with van der Waals surface area (Å²) in [7, 11) is -4.62. The summed E-state index contributed by atoms with van der Waals surface area (Å²) in [5.41, 5.74) is -4.19. The minimum atomic E-state index is -4.80. The van der Waals surface area contributed by atoms with E-state index in [9.17, 15) is 41.5 Å². The van der Waals surface area contributed by atoms with Gasteiger partial charge in [-0.2, -0.15) is 28.0 Å². The van der Waals surface area contributed by atoms with Crippen LogP contribution in [0, 0.1) is 28.5 Å². The number of halogens is 4. The van der Waals surface area contributed by atoms with Crippen LogP contribution in [0.15, 0.2) is 41.3 Å². The molecule has 1 fully saturated rings. The van der Waals surface area contributed by atoms with Crippen LogP contribution in [0.3, 0.4) is 0 Å². The van der Waals surface area contributed by atoms with Gasteiger partial charge in [-0.1, -0.05) is 0 Å². The highest BCUT2D eigenvalue weighted by atomic mass is 32.2. The first-order chi connectivity index (χ1) is 15.4. The first kappa shape index (κ1) is 24.4. The van der Waals surface area contributed by atoms with Gasteiger partial charge in [0.25, 0.3) is 0 Å². The first-order valence-electron chi connectivity index (χ1n) is 9.17. The molecule has 1 heterocycles. The van der Waals surface area contributed by atoms with Gasteiger partial charge in [-0.25, -0.2) is 12.8 Å². The average Bonchev–Trinajstić information content (AvgIpc) is 3.11. The third-order valence-electron chi connectivity index (χ3n) is 5.07. The number of hydrogen-bond donors (Lipinski definition) is 2. The maximum atomic E-state index is 14.2. The van der Waals surface area contributed by atoms with E-state index in [1.807, 2.05) is 0 Å². The Morgan fingerprint density at radius 2 is 1.88 bits per heavy atom. The molecule has 8 nitrogen and oxygen atoms in total. The predicted octanol–water partition coefficient (Wildman–Crippen LogP) is 1.76. The number of ether oxygens (including phenoxy) is 1. The number of alkyl halides is 3. The highest BCUT2D eigenvalue weighted by molar-refractivity contribution is 7.89. The van der Waals surface area contributed by atoms with Crippen molar-refractivity contribution in [1.82, 2.24) is 4.31 Å². The fourth-order valence-electron chi connectivity index (χ4n) is 3.29. The number of sulfonamides is 1. The van der Waals surface area contributed by atoms with E-state index >= 15 is 0 Å². The van der Waals surface area contributed by atoms with Crippen molar-refractivity contribution in [3.8, 4) is 17.9 Å². The zero-order chi connectivity index (χ0) is 24.6. The van der Waals surface area contributed by atoms with Gasteiger partial charge in [-0.15, -0.1) is 0 Å². The van der Waals surface area contributed by atoms with Crippen LogP contribution in [-0.4, -0.2) is 54.3 Å². The van der Waals surface area contributed by atoms with Crippen LogP contribution in [0.5, 0.6) is 5.75 Å².